The fourth-order valence-corrected chi connectivity index (χ4v) is 2.18. The van der Waals surface area contributed by atoms with E-state index in [1.165, 1.54) is 0 Å². The molecular formula is C18H25N9S2. The molecule has 4 N–H and O–H groups in total. The number of thiocarbonyl (C=S) groups is 2. The normalized spacial score (nSPS) is 11.1. The molecular weight excluding hydrogens is 406 g/mol. The largest absolute Gasteiger partial charge is 0.364 e. The Morgan fingerprint density at radius 1 is 1.07 bits per heavy atom. The molecule has 0 saturated carbocycles. The summed E-state index contributed by atoms with van der Waals surface area (Å²) < 4.78 is 0. The monoisotopic (exact) mass is 431 g/mol. The fraction of sp³-hybridized carbons (Fsp3) is 0.333. The highest BCUT2D eigenvalue weighted by Crippen LogP contribution is 2.21. The molecule has 9 nitrogen and oxygen atoms in total. The zero-order chi connectivity index (χ0) is 21.6. The average Bonchev–Trinajstić information content (AvgIpc) is 2.73. The molecule has 0 aliphatic heterocycles. The molecule has 0 unspecified atom stereocenters. The highest BCUT2D eigenvalue weighted by Gasteiger charge is 2.01. The Kier molecular flexibility index (Phi) is 10.9. The molecule has 1 aromatic carbocycles. The predicted octanol–water partition coefficient (Wildman–Crippen LogP) is 3.73. The van der Waals surface area contributed by atoms with Gasteiger partial charge in [-0.3, -0.25) is 10.9 Å². The number of azide groups is 1. The van der Waals surface area contributed by atoms with E-state index in [0.29, 0.717) is 33.9 Å². The number of nitrogens with one attached hydrogen (secondary N) is 4. The van der Waals surface area contributed by atoms with Gasteiger partial charge in [-0.25, -0.2) is 0 Å². The van der Waals surface area contributed by atoms with Crippen LogP contribution in [0.1, 0.15) is 32.3 Å². The third-order valence-corrected chi connectivity index (χ3v) is 4.31. The topological polar surface area (TPSA) is 122 Å². The van der Waals surface area contributed by atoms with Gasteiger partial charge < -0.3 is 10.6 Å². The maximum Gasteiger partial charge on any atom is 0.186 e. The first kappa shape index (κ1) is 24.0. The van der Waals surface area contributed by atoms with E-state index in [2.05, 4.69) is 48.3 Å². The molecule has 0 aromatic heterocycles. The Hall–Kier alpha value is -3.01. The molecule has 29 heavy (non-hydrogen) atoms. The SMILES string of the molecule is C=C(CCCNC(=S)NN=C(C)C(C)=NNC(=S)NC)c1ccc(N=[N+]=[N-])cc1. The number of benzene rings is 1. The summed E-state index contributed by atoms with van der Waals surface area (Å²) in [4.78, 5) is 2.76. The van der Waals surface area contributed by atoms with Crippen LogP contribution in [0.15, 0.2) is 46.2 Å². The molecule has 1 aromatic rings. The summed E-state index contributed by atoms with van der Waals surface area (Å²) in [5.74, 6) is 0. The third-order valence-electron chi connectivity index (χ3n) is 3.78. The Bertz CT molecular complexity index is 837. The van der Waals surface area contributed by atoms with Crippen LogP contribution in [0.25, 0.3) is 16.0 Å². The molecule has 154 valence electrons. The van der Waals surface area contributed by atoms with E-state index in [0.717, 1.165) is 24.0 Å². The van der Waals surface area contributed by atoms with Crippen LogP contribution in [0.2, 0.25) is 0 Å². The van der Waals surface area contributed by atoms with Crippen LogP contribution in [0.5, 0.6) is 0 Å². The van der Waals surface area contributed by atoms with Gasteiger partial charge in [-0.05, 0) is 67.8 Å². The second-order valence-corrected chi connectivity index (χ2v) is 6.71. The first-order valence-corrected chi connectivity index (χ1v) is 9.62. The van der Waals surface area contributed by atoms with E-state index < -0.39 is 0 Å². The second-order valence-electron chi connectivity index (χ2n) is 5.90. The van der Waals surface area contributed by atoms with E-state index in [1.54, 1.807) is 19.2 Å². The van der Waals surface area contributed by atoms with Gasteiger partial charge in [-0.1, -0.05) is 36.0 Å². The molecule has 0 saturated heterocycles. The van der Waals surface area contributed by atoms with Crippen molar-refractivity contribution in [2.75, 3.05) is 13.6 Å². The average molecular weight is 432 g/mol. The minimum absolute atomic E-state index is 0.426. The van der Waals surface area contributed by atoms with Crippen LogP contribution in [0.4, 0.5) is 5.69 Å². The van der Waals surface area contributed by atoms with Crippen molar-refractivity contribution in [2.24, 2.45) is 15.3 Å². The fourth-order valence-electron chi connectivity index (χ4n) is 1.99. The lowest BCUT2D eigenvalue weighted by atomic mass is 10.0. The van der Waals surface area contributed by atoms with Crippen molar-refractivity contribution < 1.29 is 0 Å². The summed E-state index contributed by atoms with van der Waals surface area (Å²) in [5.41, 5.74) is 17.9. The maximum atomic E-state index is 8.43. The molecule has 0 amide bonds. The van der Waals surface area contributed by atoms with Gasteiger partial charge in [0.25, 0.3) is 0 Å². The number of allylic oxidation sites excluding steroid dienone is 1. The van der Waals surface area contributed by atoms with Gasteiger partial charge in [0.15, 0.2) is 10.2 Å². The molecule has 0 fully saturated rings. The number of hydrogen-bond acceptors (Lipinski definition) is 5. The van der Waals surface area contributed by atoms with E-state index in [9.17, 15) is 0 Å². The lowest BCUT2D eigenvalue weighted by Gasteiger charge is -2.10. The van der Waals surface area contributed by atoms with Crippen molar-refractivity contribution in [3.63, 3.8) is 0 Å². The van der Waals surface area contributed by atoms with E-state index in [4.69, 9.17) is 30.0 Å². The number of nitrogens with zero attached hydrogens (tertiary/aromatic N) is 5. The van der Waals surface area contributed by atoms with Crippen molar-refractivity contribution in [2.45, 2.75) is 26.7 Å². The van der Waals surface area contributed by atoms with Crippen molar-refractivity contribution in [1.82, 2.24) is 21.5 Å². The zero-order valence-corrected chi connectivity index (χ0v) is 18.3. The van der Waals surface area contributed by atoms with Crippen molar-refractivity contribution in [3.8, 4) is 0 Å². The van der Waals surface area contributed by atoms with Gasteiger partial charge in [0, 0.05) is 24.2 Å². The summed E-state index contributed by atoms with van der Waals surface area (Å²) in [6.07, 6.45) is 1.66. The first-order valence-electron chi connectivity index (χ1n) is 8.81. The zero-order valence-electron chi connectivity index (χ0n) is 16.7. The lowest BCUT2D eigenvalue weighted by molar-refractivity contribution is 0.781. The smallest absolute Gasteiger partial charge is 0.186 e. The summed E-state index contributed by atoms with van der Waals surface area (Å²) in [7, 11) is 1.71. The van der Waals surface area contributed by atoms with Gasteiger partial charge >= 0.3 is 0 Å². The molecule has 11 heteroatoms. The van der Waals surface area contributed by atoms with Gasteiger partial charge in [0.2, 0.25) is 0 Å². The highest BCUT2D eigenvalue weighted by atomic mass is 32.1. The Labute approximate surface area is 181 Å². The summed E-state index contributed by atoms with van der Waals surface area (Å²) in [5, 5.41) is 18.6. The molecule has 0 radical (unpaired) electrons. The van der Waals surface area contributed by atoms with Crippen LogP contribution >= 0.6 is 24.4 Å². The molecule has 0 aliphatic rings. The number of rotatable bonds is 9. The third kappa shape index (κ3) is 9.65. The highest BCUT2D eigenvalue weighted by molar-refractivity contribution is 7.80. The standard InChI is InChI=1S/C18H25N9S2/c1-12(15-7-9-16(10-8-15)24-27-19)6-5-11-21-18(29)26-23-14(3)13(2)22-25-17(28)20-4/h7-10H,1,5-6,11H2,2-4H3,(H2,20,25,28)(H2,21,26,29). The first-order chi connectivity index (χ1) is 13.9. The van der Waals surface area contributed by atoms with E-state index >= 15 is 0 Å². The number of hydrogen-bond donors (Lipinski definition) is 4. The summed E-state index contributed by atoms with van der Waals surface area (Å²) >= 11 is 10.2. The molecule has 0 bridgehead atoms. The summed E-state index contributed by atoms with van der Waals surface area (Å²) in [6, 6.07) is 7.33. The predicted molar refractivity (Wildman–Crippen MR) is 128 cm³/mol. The minimum atomic E-state index is 0.426. The van der Waals surface area contributed by atoms with Gasteiger partial charge in [0.05, 0.1) is 11.4 Å². The quantitative estimate of drug-likeness (QED) is 0.0899. The van der Waals surface area contributed by atoms with Gasteiger partial charge in [-0.15, -0.1) is 0 Å². The Morgan fingerprint density at radius 2 is 1.66 bits per heavy atom. The number of hydrazone groups is 2. The van der Waals surface area contributed by atoms with Crippen molar-refractivity contribution in [1.29, 1.82) is 0 Å². The van der Waals surface area contributed by atoms with Crippen LogP contribution in [-0.4, -0.2) is 35.2 Å². The van der Waals surface area contributed by atoms with Crippen molar-refractivity contribution >= 4 is 57.3 Å². The lowest BCUT2D eigenvalue weighted by Crippen LogP contribution is -2.34. The van der Waals surface area contributed by atoms with Crippen LogP contribution < -0.4 is 21.5 Å². The van der Waals surface area contributed by atoms with E-state index in [-0.39, 0.29) is 0 Å². The van der Waals surface area contributed by atoms with Crippen LogP contribution in [0, 0.1) is 0 Å². The molecule has 1 rings (SSSR count). The van der Waals surface area contributed by atoms with Gasteiger partial charge in [0.1, 0.15) is 0 Å². The second kappa shape index (κ2) is 13.2. The Balaban J connectivity index is 2.35. The van der Waals surface area contributed by atoms with Crippen LogP contribution in [0.3, 0.4) is 0 Å². The summed E-state index contributed by atoms with van der Waals surface area (Å²) in [6.45, 7) is 8.41. The minimum Gasteiger partial charge on any atom is -0.364 e. The molecule has 0 aliphatic carbocycles. The molecule has 0 heterocycles. The van der Waals surface area contributed by atoms with Gasteiger partial charge in [-0.2, -0.15) is 10.2 Å². The van der Waals surface area contributed by atoms with Crippen molar-refractivity contribution in [3.05, 3.63) is 46.9 Å². The Morgan fingerprint density at radius 3 is 2.21 bits per heavy atom. The van der Waals surface area contributed by atoms with E-state index in [1.807, 2.05) is 26.0 Å². The molecule has 0 spiro atoms. The molecule has 0 atom stereocenters. The maximum absolute atomic E-state index is 8.43. The van der Waals surface area contributed by atoms with Crippen LogP contribution in [-0.2, 0) is 0 Å².